The predicted molar refractivity (Wildman–Crippen MR) is 82.6 cm³/mol. The molecule has 1 aromatic rings. The van der Waals surface area contributed by atoms with Crippen molar-refractivity contribution in [3.63, 3.8) is 0 Å². The van der Waals surface area contributed by atoms with Gasteiger partial charge in [-0.2, -0.15) is 15.0 Å². The Labute approximate surface area is 129 Å². The molecule has 2 rings (SSSR count). The van der Waals surface area contributed by atoms with Gasteiger partial charge < -0.3 is 15.5 Å². The van der Waals surface area contributed by atoms with Crippen LogP contribution in [0, 0.1) is 5.92 Å². The van der Waals surface area contributed by atoms with Crippen molar-refractivity contribution < 1.29 is 4.79 Å². The highest BCUT2D eigenvalue weighted by atomic mass is 35.5. The number of nitrogens with zero attached hydrogens (tertiary/aromatic N) is 4. The molecule has 0 unspecified atom stereocenters. The van der Waals surface area contributed by atoms with Crippen LogP contribution in [-0.4, -0.2) is 47.0 Å². The Bertz CT molecular complexity index is 490. The van der Waals surface area contributed by atoms with Crippen molar-refractivity contribution in [1.82, 2.24) is 20.3 Å². The van der Waals surface area contributed by atoms with Crippen molar-refractivity contribution in [1.29, 1.82) is 0 Å². The average Bonchev–Trinajstić information content (AvgIpc) is 2.45. The summed E-state index contributed by atoms with van der Waals surface area (Å²) >= 11 is 5.94. The summed E-state index contributed by atoms with van der Waals surface area (Å²) in [5.41, 5.74) is 0. The Kier molecular flexibility index (Phi) is 5.55. The highest BCUT2D eigenvalue weighted by Gasteiger charge is 2.22. The van der Waals surface area contributed by atoms with E-state index >= 15 is 0 Å². The van der Waals surface area contributed by atoms with Crippen LogP contribution in [0.2, 0.25) is 5.28 Å². The zero-order chi connectivity index (χ0) is 15.2. The van der Waals surface area contributed by atoms with Crippen LogP contribution in [0.3, 0.4) is 0 Å². The monoisotopic (exact) mass is 312 g/mol. The van der Waals surface area contributed by atoms with Crippen LogP contribution in [-0.2, 0) is 4.79 Å². The summed E-state index contributed by atoms with van der Waals surface area (Å²) in [5.74, 6) is 1.66. The number of hydrogen-bond acceptors (Lipinski definition) is 6. The average molecular weight is 313 g/mol. The van der Waals surface area contributed by atoms with Crippen LogP contribution in [0.1, 0.15) is 26.7 Å². The Morgan fingerprint density at radius 2 is 2.05 bits per heavy atom. The van der Waals surface area contributed by atoms with Crippen molar-refractivity contribution in [2.24, 2.45) is 5.92 Å². The van der Waals surface area contributed by atoms with Gasteiger partial charge in [0.1, 0.15) is 0 Å². The van der Waals surface area contributed by atoms with Crippen molar-refractivity contribution in [3.05, 3.63) is 5.28 Å². The molecule has 8 heteroatoms. The molecule has 1 fully saturated rings. The van der Waals surface area contributed by atoms with Crippen LogP contribution >= 0.6 is 11.6 Å². The third kappa shape index (κ3) is 4.70. The number of amides is 1. The largest absolute Gasteiger partial charge is 0.356 e. The molecule has 1 aromatic heterocycles. The van der Waals surface area contributed by atoms with Gasteiger partial charge in [0.2, 0.25) is 23.1 Å². The lowest BCUT2D eigenvalue weighted by Gasteiger charge is -2.32. The lowest BCUT2D eigenvalue weighted by Crippen LogP contribution is -2.39. The van der Waals surface area contributed by atoms with E-state index in [-0.39, 0.29) is 11.2 Å². The summed E-state index contributed by atoms with van der Waals surface area (Å²) in [6, 6.07) is 0. The van der Waals surface area contributed by atoms with Crippen LogP contribution in [0.4, 0.5) is 11.9 Å². The maximum atomic E-state index is 10.9. The molecule has 1 aliphatic rings. The quantitative estimate of drug-likeness (QED) is 0.853. The van der Waals surface area contributed by atoms with Crippen molar-refractivity contribution in [3.8, 4) is 0 Å². The van der Waals surface area contributed by atoms with Gasteiger partial charge in [-0.3, -0.25) is 4.79 Å². The fourth-order valence-corrected chi connectivity index (χ4v) is 2.50. The van der Waals surface area contributed by atoms with Crippen molar-refractivity contribution >= 4 is 29.4 Å². The van der Waals surface area contributed by atoms with Gasteiger partial charge in [0, 0.05) is 33.1 Å². The SMILES string of the molecule is CCNc1nc(Cl)nc(N2CCC(CNC(C)=O)CC2)n1. The van der Waals surface area contributed by atoms with Crippen LogP contribution in [0.25, 0.3) is 0 Å². The first-order valence-electron chi connectivity index (χ1n) is 7.23. The summed E-state index contributed by atoms with van der Waals surface area (Å²) in [7, 11) is 0. The van der Waals surface area contributed by atoms with Crippen LogP contribution in [0.15, 0.2) is 0 Å². The van der Waals surface area contributed by atoms with E-state index < -0.39 is 0 Å². The third-order valence-corrected chi connectivity index (χ3v) is 3.64. The van der Waals surface area contributed by atoms with E-state index in [1.165, 1.54) is 0 Å². The Hall–Kier alpha value is -1.63. The van der Waals surface area contributed by atoms with Gasteiger partial charge in [-0.1, -0.05) is 0 Å². The normalized spacial score (nSPS) is 15.9. The summed E-state index contributed by atoms with van der Waals surface area (Å²) in [6.07, 6.45) is 2.00. The Balaban J connectivity index is 1.94. The number of carbonyl (C=O) groups excluding carboxylic acids is 1. The summed E-state index contributed by atoms with van der Waals surface area (Å²) in [5, 5.41) is 6.13. The van der Waals surface area contributed by atoms with E-state index in [9.17, 15) is 4.79 Å². The van der Waals surface area contributed by atoms with E-state index in [4.69, 9.17) is 11.6 Å². The molecule has 0 saturated carbocycles. The minimum atomic E-state index is 0.0250. The smallest absolute Gasteiger partial charge is 0.231 e. The zero-order valence-electron chi connectivity index (χ0n) is 12.4. The molecule has 21 heavy (non-hydrogen) atoms. The number of rotatable bonds is 5. The van der Waals surface area contributed by atoms with E-state index in [1.807, 2.05) is 6.92 Å². The molecule has 116 valence electrons. The molecule has 2 heterocycles. The number of aromatic nitrogens is 3. The fourth-order valence-electron chi connectivity index (χ4n) is 2.34. The van der Waals surface area contributed by atoms with Crippen molar-refractivity contribution in [2.45, 2.75) is 26.7 Å². The van der Waals surface area contributed by atoms with Gasteiger partial charge in [0.05, 0.1) is 0 Å². The maximum absolute atomic E-state index is 10.9. The van der Waals surface area contributed by atoms with Gasteiger partial charge in [0.25, 0.3) is 0 Å². The number of anilines is 2. The number of nitrogens with one attached hydrogen (secondary N) is 2. The van der Waals surface area contributed by atoms with E-state index in [0.29, 0.717) is 17.8 Å². The van der Waals surface area contributed by atoms with Gasteiger partial charge in [0.15, 0.2) is 0 Å². The van der Waals surface area contributed by atoms with E-state index in [2.05, 4.69) is 30.5 Å². The first-order chi connectivity index (χ1) is 10.1. The second kappa shape index (κ2) is 7.40. The Morgan fingerprint density at radius 1 is 1.33 bits per heavy atom. The molecule has 1 saturated heterocycles. The van der Waals surface area contributed by atoms with Gasteiger partial charge >= 0.3 is 0 Å². The minimum Gasteiger partial charge on any atom is -0.356 e. The summed E-state index contributed by atoms with van der Waals surface area (Å²) in [4.78, 5) is 25.7. The fraction of sp³-hybridized carbons (Fsp3) is 0.692. The standard InChI is InChI=1S/C13H21ClN6O/c1-3-15-12-17-11(14)18-13(19-12)20-6-4-10(5-7-20)8-16-9(2)21/h10H,3-8H2,1-2H3,(H,16,21)(H,15,17,18,19). The van der Waals surface area contributed by atoms with Gasteiger partial charge in [-0.25, -0.2) is 0 Å². The number of carbonyl (C=O) groups is 1. The molecular weight excluding hydrogens is 292 g/mol. The third-order valence-electron chi connectivity index (χ3n) is 3.47. The van der Waals surface area contributed by atoms with Crippen LogP contribution < -0.4 is 15.5 Å². The molecule has 0 spiro atoms. The number of piperidine rings is 1. The van der Waals surface area contributed by atoms with Gasteiger partial charge in [-0.15, -0.1) is 0 Å². The molecule has 1 amide bonds. The Morgan fingerprint density at radius 3 is 2.67 bits per heavy atom. The second-order valence-electron chi connectivity index (χ2n) is 5.13. The predicted octanol–water partition coefficient (Wildman–Crippen LogP) is 1.31. The lowest BCUT2D eigenvalue weighted by molar-refractivity contribution is -0.119. The second-order valence-corrected chi connectivity index (χ2v) is 5.46. The van der Waals surface area contributed by atoms with Crippen LogP contribution in [0.5, 0.6) is 0 Å². The maximum Gasteiger partial charge on any atom is 0.231 e. The summed E-state index contributed by atoms with van der Waals surface area (Å²) in [6.45, 7) is 6.71. The molecule has 1 aliphatic heterocycles. The zero-order valence-corrected chi connectivity index (χ0v) is 13.2. The molecule has 2 N–H and O–H groups in total. The van der Waals surface area contributed by atoms with E-state index in [1.54, 1.807) is 6.92 Å². The van der Waals surface area contributed by atoms with Crippen molar-refractivity contribution in [2.75, 3.05) is 36.4 Å². The molecule has 0 aliphatic carbocycles. The summed E-state index contributed by atoms with van der Waals surface area (Å²) < 4.78 is 0. The highest BCUT2D eigenvalue weighted by molar-refractivity contribution is 6.28. The molecule has 7 nitrogen and oxygen atoms in total. The lowest BCUT2D eigenvalue weighted by atomic mass is 9.97. The first kappa shape index (κ1) is 15.8. The molecule has 0 atom stereocenters. The highest BCUT2D eigenvalue weighted by Crippen LogP contribution is 2.21. The molecular formula is C13H21ClN6O. The molecule has 0 bridgehead atoms. The first-order valence-corrected chi connectivity index (χ1v) is 7.61. The van der Waals surface area contributed by atoms with E-state index in [0.717, 1.165) is 39.0 Å². The number of halogens is 1. The molecule has 0 radical (unpaired) electrons. The molecule has 0 aromatic carbocycles. The topological polar surface area (TPSA) is 83.0 Å². The number of hydrogen-bond donors (Lipinski definition) is 2. The van der Waals surface area contributed by atoms with Gasteiger partial charge in [-0.05, 0) is 37.3 Å². The minimum absolute atomic E-state index is 0.0250.